The number of nitrogens with two attached hydrogens (primary N) is 1. The minimum absolute atomic E-state index is 0.0687. The third-order valence-corrected chi connectivity index (χ3v) is 6.17. The van der Waals surface area contributed by atoms with E-state index in [9.17, 15) is 18.0 Å². The molecule has 1 heterocycles. The third-order valence-electron chi connectivity index (χ3n) is 4.74. The quantitative estimate of drug-likeness (QED) is 0.401. The van der Waals surface area contributed by atoms with Gasteiger partial charge >= 0.3 is 0 Å². The van der Waals surface area contributed by atoms with Crippen molar-refractivity contribution in [2.24, 2.45) is 11.7 Å². The first-order valence-corrected chi connectivity index (χ1v) is 10.8. The lowest BCUT2D eigenvalue weighted by Crippen LogP contribution is -2.42. The summed E-state index contributed by atoms with van der Waals surface area (Å²) in [5.74, 6) is -0.513. The molecule has 1 aromatic carbocycles. The van der Waals surface area contributed by atoms with Gasteiger partial charge in [0.05, 0.1) is 10.8 Å². The normalized spacial score (nSPS) is 18.2. The summed E-state index contributed by atoms with van der Waals surface area (Å²) in [6, 6.07) is 6.25. The molecule has 2 rings (SSSR count). The summed E-state index contributed by atoms with van der Waals surface area (Å²) in [7, 11) is -2.11. The van der Waals surface area contributed by atoms with Crippen LogP contribution >= 0.6 is 0 Å². The second-order valence-corrected chi connectivity index (χ2v) is 8.68. The molecule has 2 amide bonds. The predicted molar refractivity (Wildman–Crippen MR) is 108 cm³/mol. The molecule has 1 aromatic rings. The smallest absolute Gasteiger partial charge is 0.243 e. The summed E-state index contributed by atoms with van der Waals surface area (Å²) >= 11 is 0. The Labute approximate surface area is 166 Å². The lowest BCUT2D eigenvalue weighted by Gasteiger charge is -2.31. The molecule has 1 unspecified atom stereocenters. The van der Waals surface area contributed by atoms with Gasteiger partial charge in [0, 0.05) is 19.2 Å². The van der Waals surface area contributed by atoms with E-state index in [0.29, 0.717) is 13.1 Å². The fourth-order valence-corrected chi connectivity index (χ4v) is 3.84. The van der Waals surface area contributed by atoms with E-state index in [0.717, 1.165) is 37.9 Å². The molecule has 1 atom stereocenters. The highest BCUT2D eigenvalue weighted by Gasteiger charge is 2.23. The van der Waals surface area contributed by atoms with Gasteiger partial charge in [-0.05, 0) is 63.2 Å². The summed E-state index contributed by atoms with van der Waals surface area (Å²) in [5.41, 5.74) is 6.11. The molecule has 154 valence electrons. The van der Waals surface area contributed by atoms with E-state index in [2.05, 4.69) is 14.9 Å². The predicted octanol–water partition coefficient (Wildman–Crippen LogP) is 0.312. The van der Waals surface area contributed by atoms with E-state index in [1.54, 1.807) is 18.2 Å². The van der Waals surface area contributed by atoms with Crippen LogP contribution in [0.2, 0.25) is 0 Å². The van der Waals surface area contributed by atoms with Crippen LogP contribution in [0.1, 0.15) is 24.8 Å². The molecule has 1 aliphatic rings. The van der Waals surface area contributed by atoms with Gasteiger partial charge in [0.1, 0.15) is 0 Å². The van der Waals surface area contributed by atoms with Crippen molar-refractivity contribution in [3.05, 3.63) is 35.9 Å². The second kappa shape index (κ2) is 10.4. The number of piperidine rings is 1. The van der Waals surface area contributed by atoms with Crippen molar-refractivity contribution in [1.29, 1.82) is 0 Å². The van der Waals surface area contributed by atoms with Crippen LogP contribution in [0.5, 0.6) is 0 Å². The van der Waals surface area contributed by atoms with Crippen LogP contribution in [0.4, 0.5) is 0 Å². The third kappa shape index (κ3) is 6.74. The van der Waals surface area contributed by atoms with Crippen molar-refractivity contribution in [3.63, 3.8) is 0 Å². The van der Waals surface area contributed by atoms with E-state index >= 15 is 0 Å². The van der Waals surface area contributed by atoms with E-state index in [1.807, 2.05) is 0 Å². The molecule has 0 saturated carbocycles. The fourth-order valence-electron chi connectivity index (χ4n) is 3.11. The number of hydrogen-bond donors (Lipinski definition) is 3. The largest absolute Gasteiger partial charge is 0.369 e. The molecular weight excluding hydrogens is 380 g/mol. The number of carbonyl (C=O) groups excluding carboxylic acids is 2. The molecule has 1 aliphatic heterocycles. The van der Waals surface area contributed by atoms with Crippen molar-refractivity contribution in [3.8, 4) is 0 Å². The zero-order valence-corrected chi connectivity index (χ0v) is 16.9. The van der Waals surface area contributed by atoms with Crippen molar-refractivity contribution in [2.45, 2.75) is 24.2 Å². The summed E-state index contributed by atoms with van der Waals surface area (Å²) in [6.07, 6.45) is 5.67. The first kappa shape index (κ1) is 22.1. The minimum atomic E-state index is -3.46. The Morgan fingerprint density at radius 3 is 2.64 bits per heavy atom. The van der Waals surface area contributed by atoms with Crippen LogP contribution in [0, 0.1) is 5.92 Å². The molecular formula is C19H28N4O4S. The van der Waals surface area contributed by atoms with E-state index in [-0.39, 0.29) is 22.6 Å². The Morgan fingerprint density at radius 1 is 1.29 bits per heavy atom. The van der Waals surface area contributed by atoms with Crippen molar-refractivity contribution < 1.29 is 18.0 Å². The number of benzene rings is 1. The van der Waals surface area contributed by atoms with Crippen LogP contribution in [-0.4, -0.2) is 58.4 Å². The Balaban J connectivity index is 1.71. The van der Waals surface area contributed by atoms with E-state index < -0.39 is 10.0 Å². The molecule has 0 bridgehead atoms. The number of rotatable bonds is 9. The van der Waals surface area contributed by atoms with Crippen LogP contribution in [-0.2, 0) is 19.6 Å². The average molecular weight is 409 g/mol. The number of likely N-dealkylation sites (tertiary alicyclic amines) is 1. The van der Waals surface area contributed by atoms with Crippen LogP contribution in [0.25, 0.3) is 6.08 Å². The van der Waals surface area contributed by atoms with Gasteiger partial charge in [-0.2, -0.15) is 0 Å². The Morgan fingerprint density at radius 2 is 2.00 bits per heavy atom. The molecule has 0 aromatic heterocycles. The first-order chi connectivity index (χ1) is 13.3. The monoisotopic (exact) mass is 408 g/mol. The standard InChI is InChI=1S/C19H28N4O4S/c1-21-28(26,27)17-8-5-15(6-9-17)7-10-18(24)22-11-3-13-23-12-2-4-16(14-23)19(20)25/h5-10,16,21H,2-4,11-14H2,1H3,(H2,20,25)(H,22,24)/b10-7+. The maximum Gasteiger partial charge on any atom is 0.243 e. The van der Waals surface area contributed by atoms with E-state index in [4.69, 9.17) is 5.73 Å². The van der Waals surface area contributed by atoms with Gasteiger partial charge in [-0.3, -0.25) is 9.59 Å². The summed E-state index contributed by atoms with van der Waals surface area (Å²) in [5, 5.41) is 2.82. The lowest BCUT2D eigenvalue weighted by molar-refractivity contribution is -0.123. The Kier molecular flexibility index (Phi) is 8.16. The molecule has 4 N–H and O–H groups in total. The summed E-state index contributed by atoms with van der Waals surface area (Å²) in [4.78, 5) is 25.6. The minimum Gasteiger partial charge on any atom is -0.369 e. The maximum atomic E-state index is 11.9. The first-order valence-electron chi connectivity index (χ1n) is 9.33. The number of primary amides is 1. The van der Waals surface area contributed by atoms with Crippen LogP contribution < -0.4 is 15.8 Å². The zero-order chi connectivity index (χ0) is 20.6. The molecule has 0 radical (unpaired) electrons. The highest BCUT2D eigenvalue weighted by Crippen LogP contribution is 2.16. The highest BCUT2D eigenvalue weighted by molar-refractivity contribution is 7.89. The topological polar surface area (TPSA) is 122 Å². The van der Waals surface area contributed by atoms with Crippen LogP contribution in [0.15, 0.2) is 35.2 Å². The summed E-state index contributed by atoms with van der Waals surface area (Å²) in [6.45, 7) is 3.01. The number of nitrogens with one attached hydrogen (secondary N) is 2. The van der Waals surface area contributed by atoms with Crippen molar-refractivity contribution in [1.82, 2.24) is 14.9 Å². The van der Waals surface area contributed by atoms with Crippen molar-refractivity contribution >= 4 is 27.9 Å². The van der Waals surface area contributed by atoms with Gasteiger partial charge in [0.15, 0.2) is 0 Å². The van der Waals surface area contributed by atoms with Crippen molar-refractivity contribution in [2.75, 3.05) is 33.2 Å². The number of carbonyl (C=O) groups is 2. The number of nitrogens with zero attached hydrogens (tertiary/aromatic N) is 1. The molecule has 1 fully saturated rings. The van der Waals surface area contributed by atoms with Gasteiger partial charge in [0.25, 0.3) is 0 Å². The van der Waals surface area contributed by atoms with Gasteiger partial charge < -0.3 is 16.0 Å². The highest BCUT2D eigenvalue weighted by atomic mass is 32.2. The molecule has 28 heavy (non-hydrogen) atoms. The lowest BCUT2D eigenvalue weighted by atomic mass is 9.97. The Hall–Kier alpha value is -2.23. The fraction of sp³-hybridized carbons (Fsp3) is 0.474. The molecule has 0 spiro atoms. The summed E-state index contributed by atoms with van der Waals surface area (Å²) < 4.78 is 25.6. The maximum absolute atomic E-state index is 11.9. The molecule has 1 saturated heterocycles. The average Bonchev–Trinajstić information content (AvgIpc) is 2.70. The Bertz CT molecular complexity index is 806. The van der Waals surface area contributed by atoms with Gasteiger partial charge in [0.2, 0.25) is 21.8 Å². The van der Waals surface area contributed by atoms with Gasteiger partial charge in [-0.15, -0.1) is 0 Å². The van der Waals surface area contributed by atoms with Crippen LogP contribution in [0.3, 0.4) is 0 Å². The molecule has 9 heteroatoms. The molecule has 8 nitrogen and oxygen atoms in total. The van der Waals surface area contributed by atoms with Gasteiger partial charge in [-0.1, -0.05) is 12.1 Å². The van der Waals surface area contributed by atoms with E-state index in [1.165, 1.54) is 25.3 Å². The number of amides is 2. The number of hydrogen-bond acceptors (Lipinski definition) is 5. The molecule has 0 aliphatic carbocycles. The SMILES string of the molecule is CNS(=O)(=O)c1ccc(/C=C/C(=O)NCCCN2CCCC(C(N)=O)C2)cc1. The van der Waals surface area contributed by atoms with Gasteiger partial charge in [-0.25, -0.2) is 13.1 Å². The zero-order valence-electron chi connectivity index (χ0n) is 16.1. The second-order valence-electron chi connectivity index (χ2n) is 6.80. The number of sulfonamides is 1.